The van der Waals surface area contributed by atoms with Crippen LogP contribution in [0.1, 0.15) is 31.1 Å². The van der Waals surface area contributed by atoms with Gasteiger partial charge in [-0.1, -0.05) is 11.6 Å². The van der Waals surface area contributed by atoms with Crippen molar-refractivity contribution in [3.05, 3.63) is 21.1 Å². The molecule has 0 aliphatic heterocycles. The van der Waals surface area contributed by atoms with Gasteiger partial charge in [0, 0.05) is 0 Å². The summed E-state index contributed by atoms with van der Waals surface area (Å²) in [6.45, 7) is 5.33. The van der Waals surface area contributed by atoms with Crippen LogP contribution in [0.3, 0.4) is 0 Å². The Bertz CT molecular complexity index is 483. The first-order valence-electron chi connectivity index (χ1n) is 5.22. The third-order valence-corrected chi connectivity index (χ3v) is 3.35. The number of hydrogen-bond acceptors (Lipinski definition) is 4. The van der Waals surface area contributed by atoms with Gasteiger partial charge in [0.1, 0.15) is 5.60 Å². The maximum atomic E-state index is 12.0. The molecule has 0 amide bonds. The molecular weight excluding hydrogens is 321 g/mol. The number of carbonyl (C=O) groups excluding carboxylic acids is 1. The first kappa shape index (κ1) is 15.1. The molecule has 1 aromatic carbocycles. The molecule has 0 radical (unpaired) electrons. The summed E-state index contributed by atoms with van der Waals surface area (Å²) in [5.41, 5.74) is 5.66. The Morgan fingerprint density at radius 2 is 2.00 bits per heavy atom. The van der Waals surface area contributed by atoms with E-state index in [1.807, 2.05) is 0 Å². The summed E-state index contributed by atoms with van der Waals surface area (Å²) >= 11 is 9.24. The van der Waals surface area contributed by atoms with Crippen molar-refractivity contribution in [2.75, 3.05) is 12.8 Å². The highest BCUT2D eigenvalue weighted by Crippen LogP contribution is 2.40. The van der Waals surface area contributed by atoms with Crippen LogP contribution in [0, 0.1) is 0 Å². The molecule has 4 nitrogen and oxygen atoms in total. The zero-order chi connectivity index (χ0) is 14.1. The largest absolute Gasteiger partial charge is 0.493 e. The molecule has 0 bridgehead atoms. The van der Waals surface area contributed by atoms with E-state index in [0.717, 1.165) is 0 Å². The first-order valence-corrected chi connectivity index (χ1v) is 6.39. The number of methoxy groups -OCH3 is 1. The molecule has 18 heavy (non-hydrogen) atoms. The molecule has 0 unspecified atom stereocenters. The molecular formula is C12H15BrClNO3. The lowest BCUT2D eigenvalue weighted by molar-refractivity contribution is 0.00705. The molecule has 1 aromatic rings. The van der Waals surface area contributed by atoms with Crippen molar-refractivity contribution >= 4 is 39.2 Å². The molecule has 0 aliphatic carbocycles. The zero-order valence-corrected chi connectivity index (χ0v) is 13.0. The third-order valence-electron chi connectivity index (χ3n) is 2.04. The lowest BCUT2D eigenvalue weighted by Crippen LogP contribution is -2.24. The molecule has 0 saturated carbocycles. The van der Waals surface area contributed by atoms with E-state index in [4.69, 9.17) is 26.8 Å². The molecule has 1 rings (SSSR count). The van der Waals surface area contributed by atoms with E-state index in [1.54, 1.807) is 20.8 Å². The average Bonchev–Trinajstić information content (AvgIpc) is 2.21. The molecule has 0 aromatic heterocycles. The maximum Gasteiger partial charge on any atom is 0.340 e. The Balaban J connectivity index is 3.26. The number of esters is 1. The van der Waals surface area contributed by atoms with Gasteiger partial charge in [0.25, 0.3) is 0 Å². The normalized spacial score (nSPS) is 11.2. The molecule has 0 atom stereocenters. The van der Waals surface area contributed by atoms with Gasteiger partial charge in [-0.25, -0.2) is 4.79 Å². The molecule has 0 fully saturated rings. The fourth-order valence-electron chi connectivity index (χ4n) is 1.32. The fourth-order valence-corrected chi connectivity index (χ4v) is 2.00. The standard InChI is InChI=1S/C12H15BrClNO3/c1-12(2,3)18-11(16)6-5-7(14)8(13)10(17-4)9(6)15/h5H,15H2,1-4H3. The Hall–Kier alpha value is -0.940. The quantitative estimate of drug-likeness (QED) is 0.661. The number of halogens is 2. The van der Waals surface area contributed by atoms with Crippen molar-refractivity contribution in [1.82, 2.24) is 0 Å². The first-order chi connectivity index (χ1) is 8.17. The Morgan fingerprint density at radius 3 is 2.44 bits per heavy atom. The molecule has 0 saturated heterocycles. The lowest BCUT2D eigenvalue weighted by Gasteiger charge is -2.21. The monoisotopic (exact) mass is 335 g/mol. The number of benzene rings is 1. The minimum Gasteiger partial charge on any atom is -0.493 e. The highest BCUT2D eigenvalue weighted by atomic mass is 79.9. The number of nitrogens with two attached hydrogens (primary N) is 1. The number of ether oxygens (including phenoxy) is 2. The summed E-state index contributed by atoms with van der Waals surface area (Å²) in [6, 6.07) is 1.46. The van der Waals surface area contributed by atoms with Gasteiger partial charge in [-0.05, 0) is 42.8 Å². The lowest BCUT2D eigenvalue weighted by atomic mass is 10.1. The number of hydrogen-bond donors (Lipinski definition) is 1. The van der Waals surface area contributed by atoms with Gasteiger partial charge in [0.2, 0.25) is 0 Å². The van der Waals surface area contributed by atoms with Crippen molar-refractivity contribution in [3.8, 4) is 5.75 Å². The van der Waals surface area contributed by atoms with E-state index < -0.39 is 11.6 Å². The van der Waals surface area contributed by atoms with Crippen LogP contribution in [0.4, 0.5) is 5.69 Å². The Labute approximate surface area is 120 Å². The van der Waals surface area contributed by atoms with Gasteiger partial charge in [0.05, 0.1) is 27.9 Å². The molecule has 6 heteroatoms. The SMILES string of the molecule is COc1c(N)c(C(=O)OC(C)(C)C)cc(Cl)c1Br. The van der Waals surface area contributed by atoms with Gasteiger partial charge in [-0.2, -0.15) is 0 Å². The Morgan fingerprint density at radius 1 is 1.44 bits per heavy atom. The second kappa shape index (κ2) is 5.36. The van der Waals surface area contributed by atoms with Crippen molar-refractivity contribution in [3.63, 3.8) is 0 Å². The second-order valence-electron chi connectivity index (χ2n) is 4.67. The van der Waals surface area contributed by atoms with Crippen LogP contribution in [-0.2, 0) is 4.74 Å². The van der Waals surface area contributed by atoms with E-state index in [1.165, 1.54) is 13.2 Å². The van der Waals surface area contributed by atoms with Gasteiger partial charge < -0.3 is 15.2 Å². The predicted molar refractivity (Wildman–Crippen MR) is 75.3 cm³/mol. The summed E-state index contributed by atoms with van der Waals surface area (Å²) in [4.78, 5) is 12.0. The topological polar surface area (TPSA) is 61.5 Å². The van der Waals surface area contributed by atoms with Crippen LogP contribution in [0.5, 0.6) is 5.75 Å². The number of carbonyl (C=O) groups is 1. The van der Waals surface area contributed by atoms with Crippen molar-refractivity contribution in [1.29, 1.82) is 0 Å². The van der Waals surface area contributed by atoms with Crippen molar-refractivity contribution in [2.24, 2.45) is 0 Å². The van der Waals surface area contributed by atoms with E-state index in [-0.39, 0.29) is 11.3 Å². The van der Waals surface area contributed by atoms with E-state index in [9.17, 15) is 4.79 Å². The van der Waals surface area contributed by atoms with Crippen LogP contribution in [0.2, 0.25) is 5.02 Å². The van der Waals surface area contributed by atoms with E-state index in [0.29, 0.717) is 15.2 Å². The molecule has 0 heterocycles. The highest BCUT2D eigenvalue weighted by Gasteiger charge is 2.23. The van der Waals surface area contributed by atoms with Gasteiger partial charge >= 0.3 is 5.97 Å². The van der Waals surface area contributed by atoms with Crippen LogP contribution in [-0.4, -0.2) is 18.7 Å². The fraction of sp³-hybridized carbons (Fsp3) is 0.417. The second-order valence-corrected chi connectivity index (χ2v) is 5.87. The van der Waals surface area contributed by atoms with Crippen molar-refractivity contribution < 1.29 is 14.3 Å². The van der Waals surface area contributed by atoms with Gasteiger partial charge in [-0.3, -0.25) is 0 Å². The van der Waals surface area contributed by atoms with Crippen LogP contribution in [0.15, 0.2) is 10.5 Å². The van der Waals surface area contributed by atoms with Crippen LogP contribution < -0.4 is 10.5 Å². The Kier molecular flexibility index (Phi) is 4.50. The van der Waals surface area contributed by atoms with Crippen LogP contribution >= 0.6 is 27.5 Å². The summed E-state index contributed by atoms with van der Waals surface area (Å²) < 4.78 is 10.9. The predicted octanol–water partition coefficient (Wildman–Crippen LogP) is 3.65. The average molecular weight is 337 g/mol. The smallest absolute Gasteiger partial charge is 0.340 e. The minimum atomic E-state index is -0.601. The minimum absolute atomic E-state index is 0.190. The summed E-state index contributed by atoms with van der Waals surface area (Å²) in [7, 11) is 1.45. The molecule has 2 N–H and O–H groups in total. The van der Waals surface area contributed by atoms with Gasteiger partial charge in [0.15, 0.2) is 5.75 Å². The van der Waals surface area contributed by atoms with Crippen LogP contribution in [0.25, 0.3) is 0 Å². The summed E-state index contributed by atoms with van der Waals surface area (Å²) in [5, 5.41) is 0.335. The molecule has 0 spiro atoms. The number of rotatable bonds is 2. The molecule has 0 aliphatic rings. The highest BCUT2D eigenvalue weighted by molar-refractivity contribution is 9.10. The maximum absolute atomic E-state index is 12.0. The zero-order valence-electron chi connectivity index (χ0n) is 10.6. The van der Waals surface area contributed by atoms with E-state index >= 15 is 0 Å². The third kappa shape index (κ3) is 3.29. The summed E-state index contributed by atoms with van der Waals surface area (Å²) in [5.74, 6) is -0.212. The van der Waals surface area contributed by atoms with Gasteiger partial charge in [-0.15, -0.1) is 0 Å². The summed E-state index contributed by atoms with van der Waals surface area (Å²) in [6.07, 6.45) is 0. The number of nitrogen functional groups attached to an aromatic ring is 1. The van der Waals surface area contributed by atoms with Crippen molar-refractivity contribution in [2.45, 2.75) is 26.4 Å². The number of anilines is 1. The van der Waals surface area contributed by atoms with E-state index in [2.05, 4.69) is 15.9 Å². The molecule has 100 valence electrons.